The first-order valence-corrected chi connectivity index (χ1v) is 8.43. The van der Waals surface area contributed by atoms with Crippen molar-refractivity contribution in [2.75, 3.05) is 6.61 Å². The van der Waals surface area contributed by atoms with Gasteiger partial charge in [0.2, 0.25) is 0 Å². The van der Waals surface area contributed by atoms with E-state index in [1.54, 1.807) is 6.20 Å². The van der Waals surface area contributed by atoms with Gasteiger partial charge in [0.1, 0.15) is 0 Å². The second kappa shape index (κ2) is 6.10. The third-order valence-electron chi connectivity index (χ3n) is 4.83. The number of ether oxygens (including phenoxy) is 1. The van der Waals surface area contributed by atoms with Gasteiger partial charge in [0.05, 0.1) is 40.7 Å². The Morgan fingerprint density at radius 1 is 1.12 bits per heavy atom. The van der Waals surface area contributed by atoms with Crippen LogP contribution in [-0.4, -0.2) is 34.9 Å². The highest BCUT2D eigenvalue weighted by Gasteiger charge is 2.52. The standard InChI is InChI=1S/C18H25BN2O3/c1-7-22-11-13-10-20-16-14(8-12(2)9-15(16)21-13)19-23-17(3,4)18(5,6)24-19/h8-10H,7,11H2,1-6H3. The summed E-state index contributed by atoms with van der Waals surface area (Å²) < 4.78 is 17.8. The van der Waals surface area contributed by atoms with Crippen LogP contribution in [0.3, 0.4) is 0 Å². The Kier molecular flexibility index (Phi) is 4.40. The molecule has 24 heavy (non-hydrogen) atoms. The number of hydrogen-bond acceptors (Lipinski definition) is 5. The summed E-state index contributed by atoms with van der Waals surface area (Å²) in [7, 11) is -0.440. The van der Waals surface area contributed by atoms with E-state index in [9.17, 15) is 0 Å². The first-order chi connectivity index (χ1) is 11.2. The second-order valence-electron chi connectivity index (χ2n) is 7.31. The van der Waals surface area contributed by atoms with E-state index in [4.69, 9.17) is 14.0 Å². The van der Waals surface area contributed by atoms with Gasteiger partial charge in [-0.3, -0.25) is 4.98 Å². The minimum absolute atomic E-state index is 0.379. The molecular formula is C18H25BN2O3. The molecule has 6 heteroatoms. The van der Waals surface area contributed by atoms with Crippen molar-refractivity contribution in [3.8, 4) is 0 Å². The van der Waals surface area contributed by atoms with Crippen LogP contribution in [0.25, 0.3) is 11.0 Å². The topological polar surface area (TPSA) is 53.5 Å². The van der Waals surface area contributed by atoms with Gasteiger partial charge in [0.15, 0.2) is 0 Å². The Hall–Kier alpha value is -1.50. The Morgan fingerprint density at radius 2 is 1.79 bits per heavy atom. The maximum absolute atomic E-state index is 6.19. The summed E-state index contributed by atoms with van der Waals surface area (Å²) in [6.07, 6.45) is 1.77. The van der Waals surface area contributed by atoms with Gasteiger partial charge in [-0.15, -0.1) is 0 Å². The predicted molar refractivity (Wildman–Crippen MR) is 95.3 cm³/mol. The van der Waals surface area contributed by atoms with E-state index in [2.05, 4.69) is 43.7 Å². The van der Waals surface area contributed by atoms with Gasteiger partial charge in [-0.05, 0) is 53.2 Å². The number of fused-ring (bicyclic) bond motifs is 1. The molecule has 0 amide bonds. The zero-order valence-electron chi connectivity index (χ0n) is 15.3. The molecule has 1 aromatic heterocycles. The van der Waals surface area contributed by atoms with Crippen molar-refractivity contribution in [2.24, 2.45) is 0 Å². The molecule has 1 aromatic carbocycles. The van der Waals surface area contributed by atoms with Crippen LogP contribution in [0.5, 0.6) is 0 Å². The number of nitrogens with zero attached hydrogens (tertiary/aromatic N) is 2. The monoisotopic (exact) mass is 328 g/mol. The summed E-state index contributed by atoms with van der Waals surface area (Å²) >= 11 is 0. The summed E-state index contributed by atoms with van der Waals surface area (Å²) in [5, 5.41) is 0. The van der Waals surface area contributed by atoms with Crippen LogP contribution in [0.4, 0.5) is 0 Å². The molecular weight excluding hydrogens is 303 g/mol. The third-order valence-corrected chi connectivity index (χ3v) is 4.83. The highest BCUT2D eigenvalue weighted by atomic mass is 16.7. The van der Waals surface area contributed by atoms with Crippen molar-refractivity contribution < 1.29 is 14.0 Å². The Morgan fingerprint density at radius 3 is 2.42 bits per heavy atom. The lowest BCUT2D eigenvalue weighted by Crippen LogP contribution is -2.41. The third kappa shape index (κ3) is 3.06. The number of aryl methyl sites for hydroxylation is 1. The molecule has 2 heterocycles. The molecule has 5 nitrogen and oxygen atoms in total. The summed E-state index contributed by atoms with van der Waals surface area (Å²) in [6, 6.07) is 4.11. The second-order valence-corrected chi connectivity index (χ2v) is 7.31. The van der Waals surface area contributed by atoms with Gasteiger partial charge in [0.25, 0.3) is 0 Å². The van der Waals surface area contributed by atoms with E-state index in [1.807, 2.05) is 19.9 Å². The molecule has 0 saturated carbocycles. The number of rotatable bonds is 4. The van der Waals surface area contributed by atoms with Crippen molar-refractivity contribution in [1.29, 1.82) is 0 Å². The first kappa shape index (κ1) is 17.3. The summed E-state index contributed by atoms with van der Waals surface area (Å²) in [5.74, 6) is 0. The summed E-state index contributed by atoms with van der Waals surface area (Å²) in [5.41, 5.74) is 3.77. The number of benzene rings is 1. The lowest BCUT2D eigenvalue weighted by molar-refractivity contribution is 0.00578. The van der Waals surface area contributed by atoms with E-state index in [0.29, 0.717) is 13.2 Å². The van der Waals surface area contributed by atoms with Crippen molar-refractivity contribution in [3.05, 3.63) is 29.6 Å². The van der Waals surface area contributed by atoms with Gasteiger partial charge in [-0.2, -0.15) is 0 Å². The molecule has 0 spiro atoms. The molecule has 0 unspecified atom stereocenters. The van der Waals surface area contributed by atoms with Crippen LogP contribution >= 0.6 is 0 Å². The van der Waals surface area contributed by atoms with Gasteiger partial charge in [0, 0.05) is 12.1 Å². The van der Waals surface area contributed by atoms with Crippen LogP contribution < -0.4 is 5.46 Å². The SMILES string of the molecule is CCOCc1cnc2c(B3OC(C)(C)C(C)(C)O3)cc(C)cc2n1. The fourth-order valence-electron chi connectivity index (χ4n) is 2.76. The average molecular weight is 328 g/mol. The molecule has 0 aliphatic carbocycles. The number of hydrogen-bond donors (Lipinski definition) is 0. The zero-order chi connectivity index (χ0) is 17.5. The Labute approximate surface area is 143 Å². The normalized spacial score (nSPS) is 19.2. The average Bonchev–Trinajstić information content (AvgIpc) is 2.72. The fourth-order valence-corrected chi connectivity index (χ4v) is 2.76. The lowest BCUT2D eigenvalue weighted by Gasteiger charge is -2.32. The van der Waals surface area contributed by atoms with E-state index in [1.165, 1.54) is 0 Å². The zero-order valence-corrected chi connectivity index (χ0v) is 15.3. The van der Waals surface area contributed by atoms with Crippen LogP contribution in [-0.2, 0) is 20.7 Å². The van der Waals surface area contributed by atoms with Crippen molar-refractivity contribution in [3.63, 3.8) is 0 Å². The molecule has 3 rings (SSSR count). The molecule has 1 fully saturated rings. The van der Waals surface area contributed by atoms with E-state index in [-0.39, 0.29) is 11.2 Å². The molecule has 1 aliphatic heterocycles. The van der Waals surface area contributed by atoms with Gasteiger partial charge in [-0.25, -0.2) is 4.98 Å². The van der Waals surface area contributed by atoms with Crippen molar-refractivity contribution in [1.82, 2.24) is 9.97 Å². The van der Waals surface area contributed by atoms with Gasteiger partial charge in [-0.1, -0.05) is 6.07 Å². The summed E-state index contributed by atoms with van der Waals surface area (Å²) in [4.78, 5) is 9.29. The van der Waals surface area contributed by atoms with Crippen LogP contribution in [0, 0.1) is 6.92 Å². The molecule has 128 valence electrons. The fraction of sp³-hybridized carbons (Fsp3) is 0.556. The number of aromatic nitrogens is 2. The van der Waals surface area contributed by atoms with Crippen molar-refractivity contribution in [2.45, 2.75) is 59.4 Å². The largest absolute Gasteiger partial charge is 0.497 e. The smallest absolute Gasteiger partial charge is 0.399 e. The maximum Gasteiger partial charge on any atom is 0.497 e. The Bertz CT molecular complexity index is 745. The molecule has 0 radical (unpaired) electrons. The minimum atomic E-state index is -0.440. The molecule has 0 atom stereocenters. The summed E-state index contributed by atoms with van der Waals surface area (Å²) in [6.45, 7) is 13.4. The quantitative estimate of drug-likeness (QED) is 0.808. The van der Waals surface area contributed by atoms with E-state index < -0.39 is 7.12 Å². The van der Waals surface area contributed by atoms with E-state index >= 15 is 0 Å². The highest BCUT2D eigenvalue weighted by Crippen LogP contribution is 2.36. The van der Waals surface area contributed by atoms with Gasteiger partial charge >= 0.3 is 7.12 Å². The molecule has 1 aliphatic rings. The predicted octanol–water partition coefficient (Wildman–Crippen LogP) is 2.77. The van der Waals surface area contributed by atoms with Crippen LogP contribution in [0.2, 0.25) is 0 Å². The van der Waals surface area contributed by atoms with Crippen molar-refractivity contribution >= 4 is 23.6 Å². The van der Waals surface area contributed by atoms with Crippen LogP contribution in [0.15, 0.2) is 18.3 Å². The Balaban J connectivity index is 2.02. The van der Waals surface area contributed by atoms with Crippen LogP contribution in [0.1, 0.15) is 45.9 Å². The molecule has 0 N–H and O–H groups in total. The first-order valence-electron chi connectivity index (χ1n) is 8.43. The minimum Gasteiger partial charge on any atom is -0.399 e. The maximum atomic E-state index is 6.19. The van der Waals surface area contributed by atoms with Gasteiger partial charge < -0.3 is 14.0 Å². The highest BCUT2D eigenvalue weighted by molar-refractivity contribution is 6.64. The lowest BCUT2D eigenvalue weighted by atomic mass is 9.77. The van der Waals surface area contributed by atoms with E-state index in [0.717, 1.165) is 27.8 Å². The molecule has 2 aromatic rings. The molecule has 1 saturated heterocycles. The molecule has 0 bridgehead atoms.